The number of hydrogen-bond acceptors (Lipinski definition) is 2. The van der Waals surface area contributed by atoms with E-state index in [1.807, 2.05) is 42.5 Å². The zero-order valence-corrected chi connectivity index (χ0v) is 13.7. The first-order chi connectivity index (χ1) is 11.1. The third-order valence-corrected chi connectivity index (χ3v) is 4.10. The smallest absolute Gasteiger partial charge is 0.164 e. The van der Waals surface area contributed by atoms with Gasteiger partial charge in [-0.15, -0.1) is 0 Å². The molecule has 3 aromatic rings. The summed E-state index contributed by atoms with van der Waals surface area (Å²) in [5, 5.41) is 16.3. The van der Waals surface area contributed by atoms with E-state index in [2.05, 4.69) is 5.32 Å². The van der Waals surface area contributed by atoms with Crippen LogP contribution >= 0.6 is 23.8 Å². The summed E-state index contributed by atoms with van der Waals surface area (Å²) in [6.07, 6.45) is 0. The number of rotatable bonds is 3. The van der Waals surface area contributed by atoms with Crippen LogP contribution in [0.4, 0.5) is 0 Å². The average molecular weight is 343 g/mol. The summed E-state index contributed by atoms with van der Waals surface area (Å²) >= 11 is 11.0. The average Bonchev–Trinajstić information content (AvgIpc) is 2.54. The molecule has 3 nitrogen and oxygen atoms in total. The maximum Gasteiger partial charge on any atom is 0.164 e. The van der Waals surface area contributed by atoms with Gasteiger partial charge in [-0.1, -0.05) is 54.1 Å². The summed E-state index contributed by atoms with van der Waals surface area (Å²) in [6, 6.07) is 18.4. The Balaban J connectivity index is 2.22. The van der Waals surface area contributed by atoms with Gasteiger partial charge in [-0.3, -0.25) is 0 Å². The first kappa shape index (κ1) is 15.6. The van der Waals surface area contributed by atoms with Crippen molar-refractivity contribution in [3.8, 4) is 5.75 Å². The normalized spacial score (nSPS) is 12.0. The number of nitrogens with one attached hydrogen (secondary N) is 1. The fourth-order valence-corrected chi connectivity index (χ4v) is 2.95. The molecule has 4 N–H and O–H groups in total. The van der Waals surface area contributed by atoms with Crippen molar-refractivity contribution in [2.75, 3.05) is 0 Å². The van der Waals surface area contributed by atoms with Gasteiger partial charge >= 0.3 is 0 Å². The van der Waals surface area contributed by atoms with Crippen molar-refractivity contribution < 1.29 is 5.11 Å². The SMILES string of the molecule is NC(=S)NC(c1ccc(Cl)cc1)c1c(O)ccc2ccccc12. The van der Waals surface area contributed by atoms with Crippen molar-refractivity contribution in [3.05, 3.63) is 76.8 Å². The van der Waals surface area contributed by atoms with Gasteiger partial charge in [0.15, 0.2) is 5.11 Å². The van der Waals surface area contributed by atoms with E-state index >= 15 is 0 Å². The molecule has 0 aromatic heterocycles. The third kappa shape index (κ3) is 3.23. The highest BCUT2D eigenvalue weighted by atomic mass is 35.5. The molecule has 0 saturated heterocycles. The number of nitrogens with two attached hydrogens (primary N) is 1. The van der Waals surface area contributed by atoms with E-state index in [1.54, 1.807) is 18.2 Å². The van der Waals surface area contributed by atoms with Crippen LogP contribution < -0.4 is 11.1 Å². The molecule has 1 unspecified atom stereocenters. The number of aromatic hydroxyl groups is 1. The standard InChI is InChI=1S/C18H15ClN2OS/c19-13-8-5-12(6-9-13)17(21-18(20)23)16-14-4-2-1-3-11(14)7-10-15(16)22/h1-10,17,22H,(H3,20,21,23). The second-order valence-corrected chi connectivity index (χ2v) is 6.09. The highest BCUT2D eigenvalue weighted by Gasteiger charge is 2.20. The van der Waals surface area contributed by atoms with Crippen molar-refractivity contribution in [1.29, 1.82) is 0 Å². The van der Waals surface area contributed by atoms with Gasteiger partial charge in [0.2, 0.25) is 0 Å². The molecule has 0 saturated carbocycles. The largest absolute Gasteiger partial charge is 0.508 e. The van der Waals surface area contributed by atoms with Gasteiger partial charge in [0.25, 0.3) is 0 Å². The zero-order chi connectivity index (χ0) is 16.4. The van der Waals surface area contributed by atoms with Gasteiger partial charge in [-0.25, -0.2) is 0 Å². The number of phenolic OH excluding ortho intramolecular Hbond substituents is 1. The minimum absolute atomic E-state index is 0.164. The molecule has 3 rings (SSSR count). The van der Waals surface area contributed by atoms with Crippen LogP contribution in [0.15, 0.2) is 60.7 Å². The molecular formula is C18H15ClN2OS. The summed E-state index contributed by atoms with van der Waals surface area (Å²) in [7, 11) is 0. The lowest BCUT2D eigenvalue weighted by atomic mass is 9.93. The molecule has 0 spiro atoms. The lowest BCUT2D eigenvalue weighted by Gasteiger charge is -2.22. The van der Waals surface area contributed by atoms with Gasteiger partial charge < -0.3 is 16.2 Å². The molecule has 1 atom stereocenters. The van der Waals surface area contributed by atoms with Crippen LogP contribution in [0.1, 0.15) is 17.2 Å². The minimum atomic E-state index is -0.365. The van der Waals surface area contributed by atoms with Crippen LogP contribution in [0.25, 0.3) is 10.8 Å². The Hall–Kier alpha value is -2.30. The van der Waals surface area contributed by atoms with E-state index in [1.165, 1.54) is 0 Å². The summed E-state index contributed by atoms with van der Waals surface area (Å²) in [6.45, 7) is 0. The minimum Gasteiger partial charge on any atom is -0.508 e. The molecule has 0 aliphatic carbocycles. The predicted molar refractivity (Wildman–Crippen MR) is 98.8 cm³/mol. The van der Waals surface area contributed by atoms with Gasteiger partial charge in [-0.05, 0) is 46.8 Å². The summed E-state index contributed by atoms with van der Waals surface area (Å²) in [5.74, 6) is 0.187. The van der Waals surface area contributed by atoms with Crippen LogP contribution in [0.3, 0.4) is 0 Å². The number of phenols is 1. The molecule has 0 radical (unpaired) electrons. The van der Waals surface area contributed by atoms with E-state index in [9.17, 15) is 5.11 Å². The van der Waals surface area contributed by atoms with Gasteiger partial charge in [0.05, 0.1) is 6.04 Å². The first-order valence-corrected chi connectivity index (χ1v) is 7.87. The predicted octanol–water partition coefficient (Wildman–Crippen LogP) is 4.12. The number of halogens is 1. The Labute approximate surface area is 144 Å². The highest BCUT2D eigenvalue weighted by Crippen LogP contribution is 2.36. The summed E-state index contributed by atoms with van der Waals surface area (Å²) in [4.78, 5) is 0. The number of thiocarbonyl (C=S) groups is 1. The lowest BCUT2D eigenvalue weighted by molar-refractivity contribution is 0.464. The number of fused-ring (bicyclic) bond motifs is 1. The highest BCUT2D eigenvalue weighted by molar-refractivity contribution is 7.80. The quantitative estimate of drug-likeness (QED) is 0.627. The molecule has 5 heteroatoms. The Morgan fingerprint density at radius 3 is 2.43 bits per heavy atom. The maximum atomic E-state index is 10.5. The molecule has 3 aromatic carbocycles. The second-order valence-electron chi connectivity index (χ2n) is 5.21. The monoisotopic (exact) mass is 342 g/mol. The topological polar surface area (TPSA) is 58.3 Å². The van der Waals surface area contributed by atoms with E-state index in [0.717, 1.165) is 21.9 Å². The van der Waals surface area contributed by atoms with Gasteiger partial charge in [0.1, 0.15) is 5.75 Å². The van der Waals surface area contributed by atoms with Crippen molar-refractivity contribution in [2.45, 2.75) is 6.04 Å². The van der Waals surface area contributed by atoms with E-state index in [0.29, 0.717) is 5.02 Å². The van der Waals surface area contributed by atoms with E-state index < -0.39 is 0 Å². The van der Waals surface area contributed by atoms with Gasteiger partial charge in [-0.2, -0.15) is 0 Å². The van der Waals surface area contributed by atoms with Crippen LogP contribution in [0.5, 0.6) is 5.75 Å². The van der Waals surface area contributed by atoms with Crippen LogP contribution in [0, 0.1) is 0 Å². The number of hydrogen-bond donors (Lipinski definition) is 3. The first-order valence-electron chi connectivity index (χ1n) is 7.08. The van der Waals surface area contributed by atoms with Crippen LogP contribution in [-0.4, -0.2) is 10.2 Å². The lowest BCUT2D eigenvalue weighted by Crippen LogP contribution is -2.33. The van der Waals surface area contributed by atoms with Crippen molar-refractivity contribution >= 4 is 39.7 Å². The van der Waals surface area contributed by atoms with Gasteiger partial charge in [0, 0.05) is 10.6 Å². The van der Waals surface area contributed by atoms with Crippen LogP contribution in [-0.2, 0) is 0 Å². The molecule has 0 heterocycles. The molecule has 0 bridgehead atoms. The fourth-order valence-electron chi connectivity index (χ4n) is 2.71. The van der Waals surface area contributed by atoms with Crippen LogP contribution in [0.2, 0.25) is 5.02 Å². The zero-order valence-electron chi connectivity index (χ0n) is 12.2. The Kier molecular flexibility index (Phi) is 4.37. The summed E-state index contributed by atoms with van der Waals surface area (Å²) < 4.78 is 0. The Bertz CT molecular complexity index is 865. The Morgan fingerprint density at radius 2 is 1.74 bits per heavy atom. The second kappa shape index (κ2) is 6.44. The molecule has 116 valence electrons. The summed E-state index contributed by atoms with van der Waals surface area (Å²) in [5.41, 5.74) is 7.35. The third-order valence-electron chi connectivity index (χ3n) is 3.73. The van der Waals surface area contributed by atoms with Crippen molar-refractivity contribution in [2.24, 2.45) is 5.73 Å². The molecular weight excluding hydrogens is 328 g/mol. The maximum absolute atomic E-state index is 10.5. The Morgan fingerprint density at radius 1 is 1.04 bits per heavy atom. The van der Waals surface area contributed by atoms with Crippen molar-refractivity contribution in [1.82, 2.24) is 5.32 Å². The molecule has 0 fully saturated rings. The molecule has 0 aliphatic heterocycles. The molecule has 23 heavy (non-hydrogen) atoms. The van der Waals surface area contributed by atoms with E-state index in [-0.39, 0.29) is 16.9 Å². The van der Waals surface area contributed by atoms with E-state index in [4.69, 9.17) is 29.6 Å². The fraction of sp³-hybridized carbons (Fsp3) is 0.0556. The molecule has 0 aliphatic rings. The molecule has 0 amide bonds. The van der Waals surface area contributed by atoms with Crippen molar-refractivity contribution in [3.63, 3.8) is 0 Å². The number of benzene rings is 3.